The molecule has 0 atom stereocenters. The first-order chi connectivity index (χ1) is 8.34. The van der Waals surface area contributed by atoms with Gasteiger partial charge in [-0.3, -0.25) is 0 Å². The fourth-order valence-electron chi connectivity index (χ4n) is 2.85. The lowest BCUT2D eigenvalue weighted by molar-refractivity contribution is 0.457. The highest BCUT2D eigenvalue weighted by molar-refractivity contribution is 5.69. The zero-order valence-electron chi connectivity index (χ0n) is 11.7. The minimum Gasteiger partial charge on any atom is -0.364 e. The predicted molar refractivity (Wildman–Crippen MR) is 72.7 cm³/mol. The summed E-state index contributed by atoms with van der Waals surface area (Å²) in [4.78, 5) is 4.46. The van der Waals surface area contributed by atoms with Gasteiger partial charge in [-0.15, -0.1) is 0 Å². The van der Waals surface area contributed by atoms with E-state index in [9.17, 15) is 0 Å². The number of aromatic nitrogens is 3. The van der Waals surface area contributed by atoms with Crippen molar-refractivity contribution in [2.75, 3.05) is 5.32 Å². The van der Waals surface area contributed by atoms with Gasteiger partial charge < -0.3 is 5.32 Å². The molecule has 0 radical (unpaired) electrons. The Labute approximate surface area is 107 Å². The Kier molecular flexibility index (Phi) is 2.08. The Morgan fingerprint density at radius 2 is 1.89 bits per heavy atom. The molecule has 0 aromatic carbocycles. The maximum Gasteiger partial charge on any atom is 0.152 e. The SMILES string of the molecule is Cc1cc2c(NC3C(C)(C)C3(C)C)nccn2n1. The Balaban J connectivity index is 1.97. The zero-order valence-corrected chi connectivity index (χ0v) is 11.7. The van der Waals surface area contributed by atoms with Crippen LogP contribution in [-0.4, -0.2) is 20.6 Å². The number of hydrogen-bond acceptors (Lipinski definition) is 3. The smallest absolute Gasteiger partial charge is 0.152 e. The molecule has 1 aliphatic rings. The van der Waals surface area contributed by atoms with Crippen molar-refractivity contribution in [1.29, 1.82) is 0 Å². The third-order valence-electron chi connectivity index (χ3n) is 4.81. The van der Waals surface area contributed by atoms with Crippen LogP contribution in [0.25, 0.3) is 5.52 Å². The number of aryl methyl sites for hydroxylation is 1. The Hall–Kier alpha value is -1.58. The summed E-state index contributed by atoms with van der Waals surface area (Å²) in [6.45, 7) is 11.2. The van der Waals surface area contributed by atoms with Crippen molar-refractivity contribution in [3.63, 3.8) is 0 Å². The normalized spacial score (nSPS) is 21.2. The molecule has 4 nitrogen and oxygen atoms in total. The number of rotatable bonds is 2. The predicted octanol–water partition coefficient (Wildman–Crippen LogP) is 2.88. The summed E-state index contributed by atoms with van der Waals surface area (Å²) >= 11 is 0. The number of hydrogen-bond donors (Lipinski definition) is 1. The van der Waals surface area contributed by atoms with Crippen molar-refractivity contribution in [2.24, 2.45) is 10.8 Å². The molecule has 0 aliphatic heterocycles. The molecule has 1 N–H and O–H groups in total. The van der Waals surface area contributed by atoms with Gasteiger partial charge in [0.25, 0.3) is 0 Å². The van der Waals surface area contributed by atoms with Crippen LogP contribution in [0.1, 0.15) is 33.4 Å². The second kappa shape index (κ2) is 3.25. The largest absolute Gasteiger partial charge is 0.364 e. The molecule has 2 heterocycles. The van der Waals surface area contributed by atoms with E-state index in [-0.39, 0.29) is 0 Å². The van der Waals surface area contributed by atoms with Gasteiger partial charge in [-0.25, -0.2) is 9.50 Å². The molecule has 0 saturated heterocycles. The molecule has 18 heavy (non-hydrogen) atoms. The van der Waals surface area contributed by atoms with Crippen LogP contribution >= 0.6 is 0 Å². The van der Waals surface area contributed by atoms with Crippen LogP contribution in [0.3, 0.4) is 0 Å². The maximum atomic E-state index is 4.46. The summed E-state index contributed by atoms with van der Waals surface area (Å²) in [5.74, 6) is 0.932. The van der Waals surface area contributed by atoms with Gasteiger partial charge in [0, 0.05) is 18.4 Å². The third-order valence-corrected chi connectivity index (χ3v) is 4.81. The molecule has 1 fully saturated rings. The van der Waals surface area contributed by atoms with Crippen LogP contribution in [0.5, 0.6) is 0 Å². The van der Waals surface area contributed by atoms with E-state index in [1.807, 2.05) is 17.6 Å². The molecule has 96 valence electrons. The number of anilines is 1. The summed E-state index contributed by atoms with van der Waals surface area (Å²) in [5.41, 5.74) is 2.67. The topological polar surface area (TPSA) is 42.2 Å². The first-order valence-electron chi connectivity index (χ1n) is 6.41. The number of nitrogens with zero attached hydrogens (tertiary/aromatic N) is 3. The van der Waals surface area contributed by atoms with Crippen molar-refractivity contribution in [1.82, 2.24) is 14.6 Å². The molecule has 0 bridgehead atoms. The lowest BCUT2D eigenvalue weighted by Gasteiger charge is -2.08. The molecule has 2 aromatic heterocycles. The molecule has 1 aliphatic carbocycles. The average molecular weight is 244 g/mol. The van der Waals surface area contributed by atoms with Crippen molar-refractivity contribution in [3.05, 3.63) is 24.2 Å². The first-order valence-corrected chi connectivity index (χ1v) is 6.41. The number of nitrogens with one attached hydrogen (secondary N) is 1. The van der Waals surface area contributed by atoms with E-state index >= 15 is 0 Å². The van der Waals surface area contributed by atoms with E-state index in [0.717, 1.165) is 17.0 Å². The number of fused-ring (bicyclic) bond motifs is 1. The summed E-state index contributed by atoms with van der Waals surface area (Å²) in [6, 6.07) is 2.52. The van der Waals surface area contributed by atoms with Crippen LogP contribution in [-0.2, 0) is 0 Å². The Morgan fingerprint density at radius 3 is 2.50 bits per heavy atom. The third kappa shape index (κ3) is 1.38. The molecule has 0 unspecified atom stereocenters. The highest BCUT2D eigenvalue weighted by atomic mass is 15.2. The molecule has 4 heteroatoms. The van der Waals surface area contributed by atoms with Gasteiger partial charge >= 0.3 is 0 Å². The van der Waals surface area contributed by atoms with E-state index in [1.165, 1.54) is 0 Å². The van der Waals surface area contributed by atoms with E-state index in [2.05, 4.69) is 49.2 Å². The minimum atomic E-state index is 0.302. The van der Waals surface area contributed by atoms with Gasteiger partial charge in [-0.2, -0.15) is 5.10 Å². The van der Waals surface area contributed by atoms with Crippen molar-refractivity contribution in [3.8, 4) is 0 Å². The zero-order chi connectivity index (χ0) is 13.1. The van der Waals surface area contributed by atoms with E-state index < -0.39 is 0 Å². The van der Waals surface area contributed by atoms with Gasteiger partial charge in [-0.05, 0) is 23.8 Å². The molecule has 2 aromatic rings. The lowest BCUT2D eigenvalue weighted by atomic mass is 10.0. The van der Waals surface area contributed by atoms with Crippen molar-refractivity contribution in [2.45, 2.75) is 40.7 Å². The first kappa shape index (κ1) is 11.5. The summed E-state index contributed by atoms with van der Waals surface area (Å²) in [7, 11) is 0. The Morgan fingerprint density at radius 1 is 1.22 bits per heavy atom. The van der Waals surface area contributed by atoms with Crippen molar-refractivity contribution < 1.29 is 0 Å². The van der Waals surface area contributed by atoms with E-state index in [1.54, 1.807) is 6.20 Å². The maximum absolute atomic E-state index is 4.46. The summed E-state index contributed by atoms with van der Waals surface area (Å²) < 4.78 is 1.88. The highest BCUT2D eigenvalue weighted by Gasteiger charge is 2.65. The van der Waals surface area contributed by atoms with Crippen LogP contribution in [0.4, 0.5) is 5.82 Å². The van der Waals surface area contributed by atoms with Gasteiger partial charge in [0.2, 0.25) is 0 Å². The monoisotopic (exact) mass is 244 g/mol. The van der Waals surface area contributed by atoms with Crippen LogP contribution in [0.15, 0.2) is 18.5 Å². The van der Waals surface area contributed by atoms with E-state index in [4.69, 9.17) is 0 Å². The van der Waals surface area contributed by atoms with Crippen molar-refractivity contribution >= 4 is 11.3 Å². The molecule has 0 amide bonds. The van der Waals surface area contributed by atoms with Gasteiger partial charge in [0.1, 0.15) is 5.52 Å². The second-order valence-corrected chi connectivity index (χ2v) is 6.41. The molecule has 0 spiro atoms. The standard InChI is InChI=1S/C14H20N4/c1-9-8-10-11(15-6-7-18(10)17-9)16-12-13(2,3)14(12,4)5/h6-8,12H,1-5H3,(H,15,16). The van der Waals surface area contributed by atoms with Crippen LogP contribution in [0.2, 0.25) is 0 Å². The fourth-order valence-corrected chi connectivity index (χ4v) is 2.85. The quantitative estimate of drug-likeness (QED) is 0.883. The molecule has 3 rings (SSSR count). The fraction of sp³-hybridized carbons (Fsp3) is 0.571. The van der Waals surface area contributed by atoms with Gasteiger partial charge in [0.05, 0.1) is 5.69 Å². The Bertz CT molecular complexity index is 595. The molecular formula is C14H20N4. The second-order valence-electron chi connectivity index (χ2n) is 6.41. The molecule has 1 saturated carbocycles. The van der Waals surface area contributed by atoms with Crippen LogP contribution in [0, 0.1) is 17.8 Å². The summed E-state index contributed by atoms with van der Waals surface area (Å²) in [5, 5.41) is 7.99. The molecular weight excluding hydrogens is 224 g/mol. The van der Waals surface area contributed by atoms with Crippen LogP contribution < -0.4 is 5.32 Å². The highest BCUT2D eigenvalue weighted by Crippen LogP contribution is 2.63. The average Bonchev–Trinajstić information content (AvgIpc) is 2.63. The van der Waals surface area contributed by atoms with E-state index in [0.29, 0.717) is 16.9 Å². The lowest BCUT2D eigenvalue weighted by Crippen LogP contribution is -2.12. The van der Waals surface area contributed by atoms with Gasteiger partial charge in [-0.1, -0.05) is 27.7 Å². The summed E-state index contributed by atoms with van der Waals surface area (Å²) in [6.07, 6.45) is 3.68. The minimum absolute atomic E-state index is 0.302. The van der Waals surface area contributed by atoms with Gasteiger partial charge in [0.15, 0.2) is 5.82 Å².